The minimum Gasteiger partial charge on any atom is -0.497 e. The molecule has 0 unspecified atom stereocenters. The number of carbonyl (C=O) groups excluding carboxylic acids is 2. The second kappa shape index (κ2) is 9.17. The van der Waals surface area contributed by atoms with Gasteiger partial charge >= 0.3 is 5.97 Å². The summed E-state index contributed by atoms with van der Waals surface area (Å²) in [5.74, 6) is -0.802. The van der Waals surface area contributed by atoms with Crippen LogP contribution in [-0.2, 0) is 16.0 Å². The Kier molecular flexibility index (Phi) is 6.94. The van der Waals surface area contributed by atoms with Gasteiger partial charge in [0.05, 0.1) is 12.7 Å². The number of hydrogen-bond acceptors (Lipinski definition) is 4. The summed E-state index contributed by atoms with van der Waals surface area (Å²) >= 11 is 3.08. The highest BCUT2D eigenvalue weighted by atomic mass is 79.9. The van der Waals surface area contributed by atoms with Gasteiger partial charge in [-0.1, -0.05) is 12.1 Å². The van der Waals surface area contributed by atoms with Crippen molar-refractivity contribution < 1.29 is 23.5 Å². The molecule has 0 aromatic heterocycles. The first-order chi connectivity index (χ1) is 12.0. The summed E-state index contributed by atoms with van der Waals surface area (Å²) < 4.78 is 23.3. The van der Waals surface area contributed by atoms with Crippen LogP contribution in [0.2, 0.25) is 0 Å². The van der Waals surface area contributed by atoms with E-state index in [2.05, 4.69) is 21.2 Å². The lowest BCUT2D eigenvalue weighted by atomic mass is 10.1. The fourth-order valence-corrected chi connectivity index (χ4v) is 2.57. The molecule has 5 nitrogen and oxygen atoms in total. The van der Waals surface area contributed by atoms with Gasteiger partial charge in [0.25, 0.3) is 5.91 Å². The average molecular weight is 410 g/mol. The Bertz CT molecular complexity index is 749. The van der Waals surface area contributed by atoms with Gasteiger partial charge in [0.2, 0.25) is 0 Å². The summed E-state index contributed by atoms with van der Waals surface area (Å²) in [6.45, 7) is 0.0220. The second-order valence-corrected chi connectivity index (χ2v) is 6.00. The highest BCUT2D eigenvalue weighted by molar-refractivity contribution is 9.10. The third-order valence-corrected chi connectivity index (χ3v) is 4.04. The highest BCUT2D eigenvalue weighted by Crippen LogP contribution is 2.18. The highest BCUT2D eigenvalue weighted by Gasteiger charge is 2.13. The van der Waals surface area contributed by atoms with E-state index in [-0.39, 0.29) is 10.0 Å². The van der Waals surface area contributed by atoms with E-state index >= 15 is 0 Å². The average Bonchev–Trinajstić information content (AvgIpc) is 2.60. The third-order valence-electron chi connectivity index (χ3n) is 3.38. The van der Waals surface area contributed by atoms with E-state index in [1.54, 1.807) is 7.11 Å². The SMILES string of the molecule is COc1ccc(CCNC(=O)COC(=O)c2ccc(F)cc2Br)cc1. The molecule has 0 aliphatic rings. The van der Waals surface area contributed by atoms with Crippen LogP contribution in [0.5, 0.6) is 5.75 Å². The summed E-state index contributed by atoms with van der Waals surface area (Å²) in [6.07, 6.45) is 0.646. The van der Waals surface area contributed by atoms with Crippen LogP contribution in [0, 0.1) is 5.82 Å². The smallest absolute Gasteiger partial charge is 0.339 e. The van der Waals surface area contributed by atoms with Crippen LogP contribution in [0.1, 0.15) is 15.9 Å². The molecule has 0 saturated heterocycles. The number of rotatable bonds is 7. The quantitative estimate of drug-likeness (QED) is 0.713. The predicted molar refractivity (Wildman–Crippen MR) is 94.1 cm³/mol. The van der Waals surface area contributed by atoms with Crippen molar-refractivity contribution in [3.63, 3.8) is 0 Å². The Hall–Kier alpha value is -2.41. The van der Waals surface area contributed by atoms with Crippen molar-refractivity contribution in [1.82, 2.24) is 5.32 Å². The largest absolute Gasteiger partial charge is 0.497 e. The first kappa shape index (κ1) is 18.9. The zero-order valence-corrected chi connectivity index (χ0v) is 15.1. The molecular weight excluding hydrogens is 393 g/mol. The maximum Gasteiger partial charge on any atom is 0.339 e. The maximum atomic E-state index is 13.0. The zero-order chi connectivity index (χ0) is 18.2. The number of esters is 1. The lowest BCUT2D eigenvalue weighted by Crippen LogP contribution is -2.30. The number of hydrogen-bond donors (Lipinski definition) is 1. The number of amides is 1. The predicted octanol–water partition coefficient (Wildman–Crippen LogP) is 3.11. The van der Waals surface area contributed by atoms with Crippen molar-refractivity contribution in [3.05, 3.63) is 63.9 Å². The van der Waals surface area contributed by atoms with Gasteiger partial charge in [0.15, 0.2) is 6.61 Å². The van der Waals surface area contributed by atoms with Crippen molar-refractivity contribution in [2.24, 2.45) is 0 Å². The van der Waals surface area contributed by atoms with Gasteiger partial charge in [-0.05, 0) is 58.2 Å². The molecule has 2 aromatic rings. The van der Waals surface area contributed by atoms with E-state index < -0.39 is 24.3 Å². The third kappa shape index (κ3) is 5.86. The minimum absolute atomic E-state index is 0.160. The number of methoxy groups -OCH3 is 1. The fraction of sp³-hybridized carbons (Fsp3) is 0.222. The number of nitrogens with one attached hydrogen (secondary N) is 1. The molecule has 2 aromatic carbocycles. The number of carbonyl (C=O) groups is 2. The molecule has 7 heteroatoms. The van der Waals surface area contributed by atoms with Crippen molar-refractivity contribution in [3.8, 4) is 5.75 Å². The first-order valence-electron chi connectivity index (χ1n) is 7.51. The molecule has 0 aliphatic carbocycles. The van der Waals surface area contributed by atoms with Crippen LogP contribution >= 0.6 is 15.9 Å². The van der Waals surface area contributed by atoms with Crippen molar-refractivity contribution in [2.75, 3.05) is 20.3 Å². The number of halogens is 2. The van der Waals surface area contributed by atoms with Crippen LogP contribution in [-0.4, -0.2) is 32.1 Å². The molecule has 1 N–H and O–H groups in total. The van der Waals surface area contributed by atoms with Gasteiger partial charge in [-0.3, -0.25) is 4.79 Å². The summed E-state index contributed by atoms with van der Waals surface area (Å²) in [5.41, 5.74) is 1.21. The van der Waals surface area contributed by atoms with Crippen LogP contribution in [0.25, 0.3) is 0 Å². The number of benzene rings is 2. The van der Waals surface area contributed by atoms with E-state index in [9.17, 15) is 14.0 Å². The Morgan fingerprint density at radius 3 is 2.52 bits per heavy atom. The molecule has 0 heterocycles. The summed E-state index contributed by atoms with van der Waals surface area (Å²) in [6, 6.07) is 11.1. The Morgan fingerprint density at radius 1 is 1.16 bits per heavy atom. The molecular formula is C18H17BrFNO4. The Morgan fingerprint density at radius 2 is 1.88 bits per heavy atom. The van der Waals surface area contributed by atoms with Gasteiger partial charge in [-0.2, -0.15) is 0 Å². The lowest BCUT2D eigenvalue weighted by Gasteiger charge is -2.08. The summed E-state index contributed by atoms with van der Waals surface area (Å²) in [7, 11) is 1.60. The Labute approximate surface area is 153 Å². The zero-order valence-electron chi connectivity index (χ0n) is 13.6. The number of ether oxygens (including phenoxy) is 2. The van der Waals surface area contributed by atoms with Crippen LogP contribution in [0.3, 0.4) is 0 Å². The van der Waals surface area contributed by atoms with Gasteiger partial charge in [0.1, 0.15) is 11.6 Å². The standard InChI is InChI=1S/C18H17BrFNO4/c1-24-14-5-2-12(3-6-14)8-9-21-17(22)11-25-18(23)15-7-4-13(20)10-16(15)19/h2-7,10H,8-9,11H2,1H3,(H,21,22). The monoisotopic (exact) mass is 409 g/mol. The van der Waals surface area contributed by atoms with Crippen molar-refractivity contribution in [2.45, 2.75) is 6.42 Å². The topological polar surface area (TPSA) is 64.6 Å². The van der Waals surface area contributed by atoms with Crippen LogP contribution in [0.4, 0.5) is 4.39 Å². The van der Waals surface area contributed by atoms with E-state index in [0.717, 1.165) is 23.4 Å². The molecule has 0 bridgehead atoms. The molecule has 0 spiro atoms. The van der Waals surface area contributed by atoms with Gasteiger partial charge in [-0.25, -0.2) is 9.18 Å². The van der Waals surface area contributed by atoms with Gasteiger partial charge in [0, 0.05) is 11.0 Å². The first-order valence-corrected chi connectivity index (χ1v) is 8.30. The van der Waals surface area contributed by atoms with E-state index in [1.807, 2.05) is 24.3 Å². The van der Waals surface area contributed by atoms with E-state index in [0.29, 0.717) is 13.0 Å². The second-order valence-electron chi connectivity index (χ2n) is 5.15. The lowest BCUT2D eigenvalue weighted by molar-refractivity contribution is -0.124. The molecule has 0 atom stereocenters. The molecule has 0 fully saturated rings. The molecule has 0 radical (unpaired) electrons. The molecule has 0 saturated carbocycles. The minimum atomic E-state index is -0.697. The van der Waals surface area contributed by atoms with Crippen molar-refractivity contribution >= 4 is 27.8 Å². The molecule has 1 amide bonds. The molecule has 0 aliphatic heterocycles. The van der Waals surface area contributed by atoms with E-state index in [1.165, 1.54) is 6.07 Å². The molecule has 2 rings (SSSR count). The van der Waals surface area contributed by atoms with Gasteiger partial charge in [-0.15, -0.1) is 0 Å². The Balaban J connectivity index is 1.73. The van der Waals surface area contributed by atoms with Crippen LogP contribution in [0.15, 0.2) is 46.9 Å². The molecule has 132 valence electrons. The van der Waals surface area contributed by atoms with E-state index in [4.69, 9.17) is 9.47 Å². The fourth-order valence-electron chi connectivity index (χ4n) is 2.05. The molecule has 25 heavy (non-hydrogen) atoms. The summed E-state index contributed by atoms with van der Waals surface area (Å²) in [4.78, 5) is 23.6. The summed E-state index contributed by atoms with van der Waals surface area (Å²) in [5, 5.41) is 2.67. The normalized spacial score (nSPS) is 10.2. The van der Waals surface area contributed by atoms with Gasteiger partial charge < -0.3 is 14.8 Å². The van der Waals surface area contributed by atoms with Crippen molar-refractivity contribution in [1.29, 1.82) is 0 Å². The van der Waals surface area contributed by atoms with Crippen LogP contribution < -0.4 is 10.1 Å². The maximum absolute atomic E-state index is 13.0.